The summed E-state index contributed by atoms with van der Waals surface area (Å²) in [5.74, 6) is 1.17. The van der Waals surface area contributed by atoms with Gasteiger partial charge in [0.25, 0.3) is 5.91 Å². The van der Waals surface area contributed by atoms with Gasteiger partial charge in [0.2, 0.25) is 0 Å². The van der Waals surface area contributed by atoms with E-state index in [1.807, 2.05) is 25.1 Å². The van der Waals surface area contributed by atoms with E-state index in [1.165, 1.54) is 0 Å². The van der Waals surface area contributed by atoms with Gasteiger partial charge in [-0.3, -0.25) is 4.79 Å². The zero-order valence-corrected chi connectivity index (χ0v) is 14.4. The van der Waals surface area contributed by atoms with Gasteiger partial charge in [-0.25, -0.2) is 9.97 Å². The molecular formula is C18H20N4O3. The Kier molecular flexibility index (Phi) is 4.83. The van der Waals surface area contributed by atoms with Crippen LogP contribution >= 0.6 is 0 Å². The normalized spacial score (nSPS) is 10.7. The van der Waals surface area contributed by atoms with Gasteiger partial charge >= 0.3 is 0 Å². The SMILES string of the molecule is CCCNC(=O)c1c[nH]c2ncc(-c3cc(OC)ccc3OC)nc12. The predicted molar refractivity (Wildman–Crippen MR) is 95.1 cm³/mol. The molecule has 0 radical (unpaired) electrons. The fraction of sp³-hybridized carbons (Fsp3) is 0.278. The van der Waals surface area contributed by atoms with Gasteiger partial charge < -0.3 is 19.8 Å². The van der Waals surface area contributed by atoms with Gasteiger partial charge in [-0.05, 0) is 24.6 Å². The molecule has 0 aliphatic heterocycles. The summed E-state index contributed by atoms with van der Waals surface area (Å²) in [7, 11) is 3.19. The van der Waals surface area contributed by atoms with Crippen LogP contribution < -0.4 is 14.8 Å². The Bertz CT molecular complexity index is 904. The van der Waals surface area contributed by atoms with E-state index in [4.69, 9.17) is 9.47 Å². The number of carbonyl (C=O) groups excluding carboxylic acids is 1. The van der Waals surface area contributed by atoms with E-state index in [0.29, 0.717) is 40.5 Å². The highest BCUT2D eigenvalue weighted by atomic mass is 16.5. The van der Waals surface area contributed by atoms with Crippen molar-refractivity contribution in [3.8, 4) is 22.8 Å². The standard InChI is InChI=1S/C18H20N4O3/c1-4-7-19-18(23)13-9-20-17-16(13)22-14(10-21-17)12-8-11(24-2)5-6-15(12)25-3/h5-6,8-10H,4,7H2,1-3H3,(H,19,23)(H,20,21). The van der Waals surface area contributed by atoms with Crippen LogP contribution in [0.2, 0.25) is 0 Å². The first kappa shape index (κ1) is 16.8. The molecule has 0 atom stereocenters. The highest BCUT2D eigenvalue weighted by Crippen LogP contribution is 2.32. The van der Waals surface area contributed by atoms with Crippen LogP contribution in [0.1, 0.15) is 23.7 Å². The van der Waals surface area contributed by atoms with Crippen molar-refractivity contribution in [1.82, 2.24) is 20.3 Å². The molecular weight excluding hydrogens is 320 g/mol. The molecule has 1 amide bonds. The second-order valence-corrected chi connectivity index (χ2v) is 5.48. The topological polar surface area (TPSA) is 89.1 Å². The number of hydrogen-bond donors (Lipinski definition) is 2. The molecule has 3 aromatic rings. The molecule has 2 N–H and O–H groups in total. The van der Waals surface area contributed by atoms with Crippen LogP contribution in [0.3, 0.4) is 0 Å². The summed E-state index contributed by atoms with van der Waals surface area (Å²) in [4.78, 5) is 24.3. The predicted octanol–water partition coefficient (Wildman–Crippen LogP) is 2.78. The number of carbonyl (C=O) groups is 1. The fourth-order valence-electron chi connectivity index (χ4n) is 2.54. The lowest BCUT2D eigenvalue weighted by Gasteiger charge is -2.10. The second-order valence-electron chi connectivity index (χ2n) is 5.48. The number of H-pyrrole nitrogens is 1. The molecule has 1 aromatic carbocycles. The first-order valence-corrected chi connectivity index (χ1v) is 8.02. The Morgan fingerprint density at radius 3 is 2.84 bits per heavy atom. The number of fused-ring (bicyclic) bond motifs is 1. The Hall–Kier alpha value is -3.09. The Balaban J connectivity index is 2.08. The highest BCUT2D eigenvalue weighted by Gasteiger charge is 2.16. The molecule has 3 rings (SSSR count). The van der Waals surface area contributed by atoms with Gasteiger partial charge in [0.05, 0.1) is 31.7 Å². The summed E-state index contributed by atoms with van der Waals surface area (Å²) < 4.78 is 10.7. The van der Waals surface area contributed by atoms with Crippen molar-refractivity contribution in [2.75, 3.05) is 20.8 Å². The van der Waals surface area contributed by atoms with Crippen LogP contribution in [-0.2, 0) is 0 Å². The number of hydrogen-bond acceptors (Lipinski definition) is 5. The molecule has 2 heterocycles. The van der Waals surface area contributed by atoms with Crippen LogP contribution in [0.25, 0.3) is 22.4 Å². The van der Waals surface area contributed by atoms with Gasteiger partial charge in [-0.2, -0.15) is 0 Å². The summed E-state index contributed by atoms with van der Waals surface area (Å²) in [6.45, 7) is 2.62. The number of methoxy groups -OCH3 is 2. The van der Waals surface area contributed by atoms with Crippen molar-refractivity contribution in [2.45, 2.75) is 13.3 Å². The molecule has 0 spiro atoms. The van der Waals surface area contributed by atoms with Gasteiger partial charge in [-0.1, -0.05) is 6.92 Å². The molecule has 0 fully saturated rings. The summed E-state index contributed by atoms with van der Waals surface area (Å²) in [6.07, 6.45) is 4.14. The van der Waals surface area contributed by atoms with Crippen LogP contribution in [0.15, 0.2) is 30.6 Å². The summed E-state index contributed by atoms with van der Waals surface area (Å²) >= 11 is 0. The van der Waals surface area contributed by atoms with E-state index in [9.17, 15) is 4.79 Å². The minimum Gasteiger partial charge on any atom is -0.497 e. The maximum absolute atomic E-state index is 12.3. The third-order valence-electron chi connectivity index (χ3n) is 3.84. The van der Waals surface area contributed by atoms with Gasteiger partial charge in [0.15, 0.2) is 5.65 Å². The first-order valence-electron chi connectivity index (χ1n) is 8.02. The van der Waals surface area contributed by atoms with Crippen molar-refractivity contribution in [1.29, 1.82) is 0 Å². The Morgan fingerprint density at radius 2 is 2.12 bits per heavy atom. The minimum atomic E-state index is -0.169. The number of rotatable bonds is 6. The fourth-order valence-corrected chi connectivity index (χ4v) is 2.54. The summed E-state index contributed by atoms with van der Waals surface area (Å²) in [5.41, 5.74) is 2.91. The molecule has 130 valence electrons. The number of nitrogens with one attached hydrogen (secondary N) is 2. The second kappa shape index (κ2) is 7.21. The quantitative estimate of drug-likeness (QED) is 0.720. The third kappa shape index (κ3) is 3.26. The zero-order valence-electron chi connectivity index (χ0n) is 14.4. The molecule has 0 saturated carbocycles. The van der Waals surface area contributed by atoms with Gasteiger partial charge in [-0.15, -0.1) is 0 Å². The largest absolute Gasteiger partial charge is 0.497 e. The van der Waals surface area contributed by atoms with Crippen molar-refractivity contribution >= 4 is 17.1 Å². The lowest BCUT2D eigenvalue weighted by molar-refractivity contribution is 0.0955. The maximum atomic E-state index is 12.3. The molecule has 25 heavy (non-hydrogen) atoms. The van der Waals surface area contributed by atoms with Gasteiger partial charge in [0, 0.05) is 18.3 Å². The number of amides is 1. The Morgan fingerprint density at radius 1 is 1.28 bits per heavy atom. The lowest BCUT2D eigenvalue weighted by Crippen LogP contribution is -2.23. The Labute approximate surface area is 145 Å². The van der Waals surface area contributed by atoms with E-state index < -0.39 is 0 Å². The average Bonchev–Trinajstić information content (AvgIpc) is 3.08. The molecule has 0 aliphatic rings. The smallest absolute Gasteiger partial charge is 0.255 e. The van der Waals surface area contributed by atoms with E-state index in [2.05, 4.69) is 20.3 Å². The molecule has 0 bridgehead atoms. The number of ether oxygens (including phenoxy) is 2. The molecule has 7 nitrogen and oxygen atoms in total. The maximum Gasteiger partial charge on any atom is 0.255 e. The highest BCUT2D eigenvalue weighted by molar-refractivity contribution is 6.04. The van der Waals surface area contributed by atoms with E-state index in [-0.39, 0.29) is 5.91 Å². The van der Waals surface area contributed by atoms with Crippen LogP contribution in [-0.4, -0.2) is 41.6 Å². The number of benzene rings is 1. The summed E-state index contributed by atoms with van der Waals surface area (Å²) in [6, 6.07) is 5.46. The zero-order chi connectivity index (χ0) is 17.8. The third-order valence-corrected chi connectivity index (χ3v) is 3.84. The molecule has 0 unspecified atom stereocenters. The van der Waals surface area contributed by atoms with E-state index in [0.717, 1.165) is 12.0 Å². The molecule has 7 heteroatoms. The van der Waals surface area contributed by atoms with Crippen LogP contribution in [0.4, 0.5) is 0 Å². The number of nitrogens with zero attached hydrogens (tertiary/aromatic N) is 2. The van der Waals surface area contributed by atoms with Crippen molar-refractivity contribution in [3.05, 3.63) is 36.2 Å². The average molecular weight is 340 g/mol. The van der Waals surface area contributed by atoms with Crippen molar-refractivity contribution in [3.63, 3.8) is 0 Å². The van der Waals surface area contributed by atoms with Crippen molar-refractivity contribution < 1.29 is 14.3 Å². The number of aromatic amines is 1. The van der Waals surface area contributed by atoms with Gasteiger partial charge in [0.1, 0.15) is 17.0 Å². The number of aromatic nitrogens is 3. The van der Waals surface area contributed by atoms with Crippen LogP contribution in [0.5, 0.6) is 11.5 Å². The van der Waals surface area contributed by atoms with E-state index in [1.54, 1.807) is 26.6 Å². The lowest BCUT2D eigenvalue weighted by atomic mass is 10.1. The molecule has 0 saturated heterocycles. The molecule has 2 aromatic heterocycles. The van der Waals surface area contributed by atoms with E-state index >= 15 is 0 Å². The molecule has 0 aliphatic carbocycles. The van der Waals surface area contributed by atoms with Crippen molar-refractivity contribution in [2.24, 2.45) is 0 Å². The first-order chi connectivity index (χ1) is 12.2. The summed E-state index contributed by atoms with van der Waals surface area (Å²) in [5, 5.41) is 2.86. The monoisotopic (exact) mass is 340 g/mol. The van der Waals surface area contributed by atoms with Crippen LogP contribution in [0, 0.1) is 0 Å². The minimum absolute atomic E-state index is 0.169.